The van der Waals surface area contributed by atoms with Gasteiger partial charge in [0.05, 0.1) is 25.3 Å². The minimum Gasteiger partial charge on any atom is -0.507 e. The summed E-state index contributed by atoms with van der Waals surface area (Å²) in [7, 11) is 2.75. The van der Waals surface area contributed by atoms with Crippen molar-refractivity contribution in [2.24, 2.45) is 5.92 Å². The Morgan fingerprint density at radius 1 is 1.08 bits per heavy atom. The van der Waals surface area contributed by atoms with Crippen molar-refractivity contribution in [1.29, 1.82) is 0 Å². The first-order valence-electron chi connectivity index (χ1n) is 16.0. The van der Waals surface area contributed by atoms with Gasteiger partial charge < -0.3 is 43.7 Å². The molecule has 2 aliphatic heterocycles. The summed E-state index contributed by atoms with van der Waals surface area (Å²) in [5.41, 5.74) is -2.49. The van der Waals surface area contributed by atoms with E-state index in [9.17, 15) is 29.1 Å². The summed E-state index contributed by atoms with van der Waals surface area (Å²) < 4.78 is 29.4. The summed E-state index contributed by atoms with van der Waals surface area (Å²) in [5.74, 6) is -3.27. The van der Waals surface area contributed by atoms with Crippen molar-refractivity contribution >= 4 is 40.1 Å². The third-order valence-electron chi connectivity index (χ3n) is 9.59. The molecular weight excluding hydrogens is 686 g/mol. The van der Waals surface area contributed by atoms with Crippen LogP contribution in [0.5, 0.6) is 28.7 Å². The van der Waals surface area contributed by atoms with E-state index in [1.807, 2.05) is 0 Å². The van der Waals surface area contributed by atoms with Crippen LogP contribution in [0.25, 0.3) is 11.0 Å². The molecule has 0 saturated heterocycles. The number of aromatic amines is 1. The average Bonchev–Trinajstić information content (AvgIpc) is 3.72. The van der Waals surface area contributed by atoms with E-state index in [0.29, 0.717) is 28.1 Å². The SMILES string of the molecule is COc1cc(OC)c2c(c1Cl)OC1(C2=O)C(O)=C(C(CC(=O)NCCn2c(=O)c(=O)[nH]c3ccccc32)c2ccc3c(c2)OCO3)C(=O)CC1C. The molecule has 0 fully saturated rings. The number of benzene rings is 3. The van der Waals surface area contributed by atoms with E-state index in [1.54, 1.807) is 49.4 Å². The van der Waals surface area contributed by atoms with Gasteiger partial charge in [-0.05, 0) is 29.8 Å². The van der Waals surface area contributed by atoms with Crippen molar-refractivity contribution in [3.63, 3.8) is 0 Å². The molecule has 1 amide bonds. The van der Waals surface area contributed by atoms with E-state index in [-0.39, 0.29) is 66.1 Å². The molecule has 3 aliphatic rings. The van der Waals surface area contributed by atoms with Crippen molar-refractivity contribution < 1.29 is 43.2 Å². The Bertz CT molecular complexity index is 2290. The zero-order chi connectivity index (χ0) is 36.2. The first-order valence-corrected chi connectivity index (χ1v) is 16.4. The second kappa shape index (κ2) is 12.8. The number of carbonyl (C=O) groups is 3. The summed E-state index contributed by atoms with van der Waals surface area (Å²) in [6, 6.07) is 13.1. The van der Waals surface area contributed by atoms with Gasteiger partial charge in [-0.25, -0.2) is 0 Å². The molecule has 0 bridgehead atoms. The predicted molar refractivity (Wildman–Crippen MR) is 182 cm³/mol. The van der Waals surface area contributed by atoms with Crippen molar-refractivity contribution in [3.05, 3.63) is 96.7 Å². The number of Topliss-reactive ketones (excluding diaryl/α,β-unsaturated/α-hetero) is 2. The number of aliphatic hydroxyl groups excluding tert-OH is 1. The Labute approximate surface area is 294 Å². The number of amides is 1. The number of allylic oxidation sites excluding steroid dienone is 1. The molecule has 15 heteroatoms. The van der Waals surface area contributed by atoms with Crippen molar-refractivity contribution in [2.75, 3.05) is 27.6 Å². The molecule has 1 aliphatic carbocycles. The van der Waals surface area contributed by atoms with Crippen molar-refractivity contribution in [1.82, 2.24) is 14.9 Å². The van der Waals surface area contributed by atoms with Gasteiger partial charge in [-0.3, -0.25) is 24.0 Å². The fraction of sp³-hybridized carbons (Fsp3) is 0.306. The van der Waals surface area contributed by atoms with E-state index in [1.165, 1.54) is 24.9 Å². The zero-order valence-corrected chi connectivity index (χ0v) is 28.4. The normalized spacial score (nSPS) is 19.6. The van der Waals surface area contributed by atoms with Crippen LogP contribution < -0.4 is 40.1 Å². The largest absolute Gasteiger partial charge is 0.507 e. The van der Waals surface area contributed by atoms with Gasteiger partial charge in [0.15, 0.2) is 28.8 Å². The van der Waals surface area contributed by atoms with Crippen LogP contribution in [-0.4, -0.2) is 65.3 Å². The number of aromatic nitrogens is 2. The van der Waals surface area contributed by atoms with Crippen LogP contribution in [0.1, 0.15) is 41.6 Å². The van der Waals surface area contributed by atoms with Crippen LogP contribution >= 0.6 is 11.6 Å². The van der Waals surface area contributed by atoms with E-state index in [0.717, 1.165) is 0 Å². The van der Waals surface area contributed by atoms with E-state index < -0.39 is 51.8 Å². The molecule has 3 unspecified atom stereocenters. The molecule has 3 atom stereocenters. The number of aliphatic hydroxyl groups is 1. The van der Waals surface area contributed by atoms with E-state index in [4.69, 9.17) is 35.3 Å². The van der Waals surface area contributed by atoms with Crippen molar-refractivity contribution in [3.8, 4) is 28.7 Å². The molecule has 0 radical (unpaired) electrons. The minimum atomic E-state index is -2.07. The second-order valence-electron chi connectivity index (χ2n) is 12.4. The topological polar surface area (TPSA) is 184 Å². The van der Waals surface area contributed by atoms with Gasteiger partial charge in [0.2, 0.25) is 24.1 Å². The molecule has 1 aromatic heterocycles. The first-order chi connectivity index (χ1) is 24.5. The molecule has 7 rings (SSSR count). The summed E-state index contributed by atoms with van der Waals surface area (Å²) in [6.07, 6.45) is -0.573. The van der Waals surface area contributed by atoms with Gasteiger partial charge in [-0.2, -0.15) is 0 Å². The van der Waals surface area contributed by atoms with Crippen LogP contribution in [-0.2, 0) is 16.1 Å². The fourth-order valence-electron chi connectivity index (χ4n) is 7.06. The smallest absolute Gasteiger partial charge is 0.316 e. The molecule has 264 valence electrons. The highest BCUT2D eigenvalue weighted by Gasteiger charge is 2.61. The van der Waals surface area contributed by atoms with Gasteiger partial charge in [-0.15, -0.1) is 0 Å². The molecule has 14 nitrogen and oxygen atoms in total. The quantitative estimate of drug-likeness (QED) is 0.214. The zero-order valence-electron chi connectivity index (χ0n) is 27.7. The Balaban J connectivity index is 1.26. The Kier molecular flexibility index (Phi) is 8.50. The minimum absolute atomic E-state index is 0.0176. The number of hydrogen-bond acceptors (Lipinski definition) is 11. The summed E-state index contributed by atoms with van der Waals surface area (Å²) >= 11 is 6.59. The van der Waals surface area contributed by atoms with Crippen LogP contribution in [0.4, 0.5) is 0 Å². The number of ether oxygens (including phenoxy) is 5. The highest BCUT2D eigenvalue weighted by molar-refractivity contribution is 6.35. The maximum absolute atomic E-state index is 14.4. The lowest BCUT2D eigenvalue weighted by Gasteiger charge is -2.38. The van der Waals surface area contributed by atoms with Gasteiger partial charge >= 0.3 is 11.1 Å². The number of hydrogen-bond donors (Lipinski definition) is 3. The van der Waals surface area contributed by atoms with Gasteiger partial charge in [0.1, 0.15) is 22.1 Å². The third kappa shape index (κ3) is 5.37. The van der Waals surface area contributed by atoms with E-state index in [2.05, 4.69) is 10.3 Å². The monoisotopic (exact) mass is 717 g/mol. The van der Waals surface area contributed by atoms with E-state index >= 15 is 0 Å². The molecule has 3 aromatic carbocycles. The van der Waals surface area contributed by atoms with Crippen LogP contribution in [0, 0.1) is 5.92 Å². The fourth-order valence-corrected chi connectivity index (χ4v) is 7.33. The standard InChI is InChI=1S/C36H32ClN3O11/c1-17-12-22(41)28(32(43)36(17)33(44)29-25(47-2)15-26(48-3)30(37)31(29)51-36)19(18-8-9-23-24(13-18)50-16-49-23)14-27(42)38-10-11-40-21-7-5-4-6-20(21)39-34(45)35(40)46/h4-9,13,15,17,19,43H,10-12,14,16H2,1-3H3,(H,38,42)(H,39,45). The summed E-state index contributed by atoms with van der Waals surface area (Å²) in [4.78, 5) is 69.5. The molecule has 3 N–H and O–H groups in total. The van der Waals surface area contributed by atoms with Crippen LogP contribution in [0.3, 0.4) is 0 Å². The van der Waals surface area contributed by atoms with Gasteiger partial charge in [0.25, 0.3) is 0 Å². The predicted octanol–water partition coefficient (Wildman–Crippen LogP) is 3.81. The molecule has 0 saturated carbocycles. The summed E-state index contributed by atoms with van der Waals surface area (Å²) in [6.45, 7) is 1.51. The lowest BCUT2D eigenvalue weighted by atomic mass is 9.69. The lowest BCUT2D eigenvalue weighted by molar-refractivity contribution is -0.121. The maximum atomic E-state index is 14.4. The van der Waals surface area contributed by atoms with Crippen LogP contribution in [0.2, 0.25) is 5.02 Å². The third-order valence-corrected chi connectivity index (χ3v) is 9.95. The number of nitrogens with zero attached hydrogens (tertiary/aromatic N) is 1. The number of halogens is 1. The first kappa shape index (κ1) is 33.7. The van der Waals surface area contributed by atoms with Crippen molar-refractivity contribution in [2.45, 2.75) is 37.8 Å². The molecule has 3 heterocycles. The molecule has 1 spiro atoms. The maximum Gasteiger partial charge on any atom is 0.316 e. The number of para-hydroxylation sites is 2. The average molecular weight is 718 g/mol. The molecule has 51 heavy (non-hydrogen) atoms. The number of rotatable bonds is 9. The molecule has 4 aromatic rings. The highest BCUT2D eigenvalue weighted by atomic mass is 35.5. The number of carbonyl (C=O) groups excluding carboxylic acids is 3. The second-order valence-corrected chi connectivity index (χ2v) is 12.8. The summed E-state index contributed by atoms with van der Waals surface area (Å²) in [5, 5.41) is 14.9. The number of methoxy groups -OCH3 is 2. The lowest BCUT2D eigenvalue weighted by Crippen LogP contribution is -2.53. The number of ketones is 2. The Morgan fingerprint density at radius 2 is 1.82 bits per heavy atom. The number of fused-ring (bicyclic) bond motifs is 3. The molecular formula is C36H32ClN3O11. The Morgan fingerprint density at radius 3 is 2.59 bits per heavy atom. The number of nitrogens with one attached hydrogen (secondary N) is 2. The highest BCUT2D eigenvalue weighted by Crippen LogP contribution is 2.56. The number of H-pyrrole nitrogens is 1. The van der Waals surface area contributed by atoms with Crippen LogP contribution in [0.15, 0.2) is 69.5 Å². The van der Waals surface area contributed by atoms with Gasteiger partial charge in [-0.1, -0.05) is 36.7 Å². The van der Waals surface area contributed by atoms with Gasteiger partial charge in [0, 0.05) is 49.4 Å². The Hall–Kier alpha value is -5.76.